The monoisotopic (exact) mass is 313 g/mol. The van der Waals surface area contributed by atoms with Crippen molar-refractivity contribution in [3.63, 3.8) is 0 Å². The smallest absolute Gasteiger partial charge is 0.229 e. The van der Waals surface area contributed by atoms with E-state index in [-0.39, 0.29) is 12.3 Å². The van der Waals surface area contributed by atoms with Gasteiger partial charge in [-0.15, -0.1) is 0 Å². The van der Waals surface area contributed by atoms with Gasteiger partial charge in [0.15, 0.2) is 17.5 Å². The highest BCUT2D eigenvalue weighted by Crippen LogP contribution is 2.14. The second kappa shape index (κ2) is 6.39. The number of hydrogen-bond acceptors (Lipinski definition) is 2. The number of amides is 1. The first-order valence-electron chi connectivity index (χ1n) is 6.97. The number of anilines is 1. The molecule has 1 N–H and O–H groups in total. The number of benzene rings is 2. The number of nitrogens with zero attached hydrogens (tertiary/aromatic N) is 2. The summed E-state index contributed by atoms with van der Waals surface area (Å²) in [6.45, 7) is 0. The van der Waals surface area contributed by atoms with Crippen LogP contribution in [-0.4, -0.2) is 15.7 Å². The Labute approximate surface area is 131 Å². The van der Waals surface area contributed by atoms with E-state index in [2.05, 4.69) is 10.4 Å². The first-order chi connectivity index (χ1) is 11.1. The fraction of sp³-hybridized carbons (Fsp3) is 0.0588. The Kier molecular flexibility index (Phi) is 4.14. The maximum atomic E-state index is 13.2. The molecular weight excluding hydrogens is 300 g/mol. The van der Waals surface area contributed by atoms with Gasteiger partial charge in [-0.2, -0.15) is 5.10 Å². The van der Waals surface area contributed by atoms with Gasteiger partial charge in [-0.25, -0.2) is 13.5 Å². The molecule has 0 spiro atoms. The minimum absolute atomic E-state index is 0.202. The zero-order chi connectivity index (χ0) is 16.2. The molecule has 6 heteroatoms. The molecule has 4 nitrogen and oxygen atoms in total. The number of rotatable bonds is 4. The van der Waals surface area contributed by atoms with Crippen LogP contribution in [0, 0.1) is 11.6 Å². The summed E-state index contributed by atoms with van der Waals surface area (Å²) in [5, 5.41) is 6.80. The van der Waals surface area contributed by atoms with Crippen LogP contribution in [0.2, 0.25) is 0 Å². The van der Waals surface area contributed by atoms with Crippen LogP contribution in [-0.2, 0) is 11.2 Å². The molecule has 0 bridgehead atoms. The predicted molar refractivity (Wildman–Crippen MR) is 82.3 cm³/mol. The minimum atomic E-state index is -0.951. The Bertz CT molecular complexity index is 831. The van der Waals surface area contributed by atoms with Crippen molar-refractivity contribution in [1.82, 2.24) is 9.78 Å². The fourth-order valence-corrected chi connectivity index (χ4v) is 2.13. The van der Waals surface area contributed by atoms with Gasteiger partial charge in [-0.1, -0.05) is 30.3 Å². The first kappa shape index (κ1) is 14.9. The van der Waals surface area contributed by atoms with Crippen LogP contribution in [0.5, 0.6) is 0 Å². The molecule has 1 amide bonds. The van der Waals surface area contributed by atoms with E-state index in [1.807, 2.05) is 30.3 Å². The first-order valence-corrected chi connectivity index (χ1v) is 6.97. The highest BCUT2D eigenvalue weighted by molar-refractivity contribution is 5.91. The summed E-state index contributed by atoms with van der Waals surface area (Å²) in [4.78, 5) is 12.0. The molecule has 0 aliphatic rings. The van der Waals surface area contributed by atoms with E-state index in [0.29, 0.717) is 11.5 Å². The standard InChI is InChI=1S/C17H13F2N3O/c18-14-7-6-13(11-15(14)19)22-9-8-16(21-22)20-17(23)10-12-4-2-1-3-5-12/h1-9,11H,10H2,(H,20,21,23). The van der Waals surface area contributed by atoms with Crippen LogP contribution in [0.15, 0.2) is 60.8 Å². The van der Waals surface area contributed by atoms with Crippen molar-refractivity contribution in [2.75, 3.05) is 5.32 Å². The largest absolute Gasteiger partial charge is 0.309 e. The lowest BCUT2D eigenvalue weighted by Gasteiger charge is -2.03. The van der Waals surface area contributed by atoms with Gasteiger partial charge >= 0.3 is 0 Å². The van der Waals surface area contributed by atoms with Gasteiger partial charge in [-0.05, 0) is 17.7 Å². The summed E-state index contributed by atoms with van der Waals surface area (Å²) in [5.41, 5.74) is 1.26. The van der Waals surface area contributed by atoms with Crippen LogP contribution < -0.4 is 5.32 Å². The number of nitrogens with one attached hydrogen (secondary N) is 1. The van der Waals surface area contributed by atoms with Crippen LogP contribution in [0.1, 0.15) is 5.56 Å². The van der Waals surface area contributed by atoms with Gasteiger partial charge in [0, 0.05) is 18.3 Å². The molecule has 0 aliphatic carbocycles. The summed E-state index contributed by atoms with van der Waals surface area (Å²) in [6, 6.07) is 14.4. The van der Waals surface area contributed by atoms with E-state index in [1.54, 1.807) is 12.3 Å². The summed E-state index contributed by atoms with van der Waals surface area (Å²) >= 11 is 0. The third-order valence-corrected chi connectivity index (χ3v) is 3.23. The highest BCUT2D eigenvalue weighted by Gasteiger charge is 2.08. The minimum Gasteiger partial charge on any atom is -0.309 e. The number of halogens is 2. The number of aromatic nitrogens is 2. The third-order valence-electron chi connectivity index (χ3n) is 3.23. The zero-order valence-corrected chi connectivity index (χ0v) is 12.0. The third kappa shape index (κ3) is 3.60. The lowest BCUT2D eigenvalue weighted by atomic mass is 10.1. The second-order valence-electron chi connectivity index (χ2n) is 4.95. The van der Waals surface area contributed by atoms with Crippen molar-refractivity contribution in [1.29, 1.82) is 0 Å². The number of carbonyl (C=O) groups excluding carboxylic acids is 1. The van der Waals surface area contributed by atoms with E-state index in [1.165, 1.54) is 10.7 Å². The van der Waals surface area contributed by atoms with Crippen LogP contribution >= 0.6 is 0 Å². The normalized spacial score (nSPS) is 10.5. The van der Waals surface area contributed by atoms with Gasteiger partial charge in [0.1, 0.15) is 0 Å². The zero-order valence-electron chi connectivity index (χ0n) is 12.0. The van der Waals surface area contributed by atoms with Crippen molar-refractivity contribution < 1.29 is 13.6 Å². The SMILES string of the molecule is O=C(Cc1ccccc1)Nc1ccn(-c2ccc(F)c(F)c2)n1. The van der Waals surface area contributed by atoms with E-state index in [4.69, 9.17) is 0 Å². The Morgan fingerprint density at radius 1 is 1.04 bits per heavy atom. The average molecular weight is 313 g/mol. The molecule has 23 heavy (non-hydrogen) atoms. The summed E-state index contributed by atoms with van der Waals surface area (Å²) < 4.78 is 27.5. The topological polar surface area (TPSA) is 46.9 Å². The van der Waals surface area contributed by atoms with Gasteiger partial charge in [0.05, 0.1) is 12.1 Å². The van der Waals surface area contributed by atoms with Crippen LogP contribution in [0.25, 0.3) is 5.69 Å². The van der Waals surface area contributed by atoms with Crippen LogP contribution in [0.3, 0.4) is 0 Å². The quantitative estimate of drug-likeness (QED) is 0.803. The lowest BCUT2D eigenvalue weighted by molar-refractivity contribution is -0.115. The van der Waals surface area contributed by atoms with Crippen molar-refractivity contribution in [3.8, 4) is 5.69 Å². The lowest BCUT2D eigenvalue weighted by Crippen LogP contribution is -2.15. The molecule has 0 atom stereocenters. The van der Waals surface area contributed by atoms with Gasteiger partial charge in [0.25, 0.3) is 0 Å². The molecule has 116 valence electrons. The molecule has 2 aromatic carbocycles. The van der Waals surface area contributed by atoms with E-state index in [9.17, 15) is 13.6 Å². The molecule has 1 heterocycles. The summed E-state index contributed by atoms with van der Waals surface area (Å²) in [5.74, 6) is -1.73. The van der Waals surface area contributed by atoms with Crippen molar-refractivity contribution >= 4 is 11.7 Å². The van der Waals surface area contributed by atoms with Gasteiger partial charge in [-0.3, -0.25) is 4.79 Å². The molecule has 0 radical (unpaired) electrons. The molecule has 0 saturated heterocycles. The molecule has 0 fully saturated rings. The summed E-state index contributed by atoms with van der Waals surface area (Å²) in [6.07, 6.45) is 1.80. The highest BCUT2D eigenvalue weighted by atomic mass is 19.2. The Hall–Kier alpha value is -3.02. The van der Waals surface area contributed by atoms with E-state index >= 15 is 0 Å². The van der Waals surface area contributed by atoms with Gasteiger partial charge in [0.2, 0.25) is 5.91 Å². The van der Waals surface area contributed by atoms with Gasteiger partial charge < -0.3 is 5.32 Å². The van der Waals surface area contributed by atoms with E-state index in [0.717, 1.165) is 17.7 Å². The molecule has 1 aromatic heterocycles. The van der Waals surface area contributed by atoms with Crippen molar-refractivity contribution in [2.24, 2.45) is 0 Å². The molecule has 0 unspecified atom stereocenters. The summed E-state index contributed by atoms with van der Waals surface area (Å²) in [7, 11) is 0. The maximum absolute atomic E-state index is 13.2. The Morgan fingerprint density at radius 3 is 2.57 bits per heavy atom. The van der Waals surface area contributed by atoms with Crippen LogP contribution in [0.4, 0.5) is 14.6 Å². The second-order valence-corrected chi connectivity index (χ2v) is 4.95. The molecule has 3 aromatic rings. The maximum Gasteiger partial charge on any atom is 0.229 e. The fourth-order valence-electron chi connectivity index (χ4n) is 2.13. The van der Waals surface area contributed by atoms with Crippen molar-refractivity contribution in [2.45, 2.75) is 6.42 Å². The Balaban J connectivity index is 1.69. The predicted octanol–water partition coefficient (Wildman–Crippen LogP) is 3.33. The van der Waals surface area contributed by atoms with Crippen molar-refractivity contribution in [3.05, 3.63) is 78.0 Å². The molecule has 0 aliphatic heterocycles. The average Bonchev–Trinajstić information content (AvgIpc) is 2.99. The van der Waals surface area contributed by atoms with E-state index < -0.39 is 11.6 Å². The molecule has 0 saturated carbocycles. The number of hydrogen-bond donors (Lipinski definition) is 1. The Morgan fingerprint density at radius 2 is 1.83 bits per heavy atom. The molecular formula is C17H13F2N3O. The number of carbonyl (C=O) groups is 1. The molecule has 3 rings (SSSR count).